The Morgan fingerprint density at radius 1 is 1.26 bits per heavy atom. The van der Waals surface area contributed by atoms with Crippen molar-refractivity contribution in [2.45, 2.75) is 32.5 Å². The third kappa shape index (κ3) is 3.52. The van der Waals surface area contributed by atoms with Crippen LogP contribution in [0, 0.1) is 0 Å². The summed E-state index contributed by atoms with van der Waals surface area (Å²) >= 11 is 0. The molecule has 19 heavy (non-hydrogen) atoms. The molecule has 0 saturated carbocycles. The van der Waals surface area contributed by atoms with Crippen LogP contribution >= 0.6 is 0 Å². The quantitative estimate of drug-likeness (QED) is 0.470. The summed E-state index contributed by atoms with van der Waals surface area (Å²) in [5, 5.41) is 9.23. The van der Waals surface area contributed by atoms with Crippen LogP contribution in [-0.4, -0.2) is 16.7 Å². The van der Waals surface area contributed by atoms with Crippen LogP contribution in [-0.2, 0) is 10.9 Å². The van der Waals surface area contributed by atoms with Gasteiger partial charge in [-0.2, -0.15) is 13.2 Å². The van der Waals surface area contributed by atoms with Gasteiger partial charge in [0.05, 0.1) is 16.8 Å². The number of benzene rings is 1. The Labute approximate surface area is 108 Å². The van der Waals surface area contributed by atoms with Gasteiger partial charge < -0.3 is 15.6 Å². The van der Waals surface area contributed by atoms with Gasteiger partial charge in [0.2, 0.25) is 0 Å². The molecule has 4 nitrogen and oxygen atoms in total. The van der Waals surface area contributed by atoms with Crippen molar-refractivity contribution in [1.82, 2.24) is 0 Å². The lowest BCUT2D eigenvalue weighted by atomic mass is 10.0. The van der Waals surface area contributed by atoms with Gasteiger partial charge in [0.15, 0.2) is 0 Å². The van der Waals surface area contributed by atoms with Crippen molar-refractivity contribution in [2.75, 3.05) is 5.73 Å². The molecular formula is C12H14F3NO3. The molecule has 106 valence electrons. The Bertz CT molecular complexity index is 504. The maximum Gasteiger partial charge on any atom is 0.419 e. The summed E-state index contributed by atoms with van der Waals surface area (Å²) in [5.74, 6) is -1.88. The maximum absolute atomic E-state index is 12.9. The highest BCUT2D eigenvalue weighted by atomic mass is 19.4. The van der Waals surface area contributed by atoms with E-state index in [2.05, 4.69) is 0 Å². The van der Waals surface area contributed by atoms with Crippen molar-refractivity contribution in [2.24, 2.45) is 0 Å². The number of anilines is 1. The minimum atomic E-state index is -4.87. The van der Waals surface area contributed by atoms with Crippen LogP contribution in [0.1, 0.15) is 36.7 Å². The first kappa shape index (κ1) is 15.1. The van der Waals surface area contributed by atoms with Gasteiger partial charge in [-0.3, -0.25) is 0 Å². The summed E-state index contributed by atoms with van der Waals surface area (Å²) in [6.45, 7) is 4.59. The number of nitrogen functional groups attached to an aromatic ring is 1. The Kier molecular flexibility index (Phi) is 3.70. The number of nitrogens with two attached hydrogens (primary N) is 1. The van der Waals surface area contributed by atoms with E-state index in [1.165, 1.54) is 20.8 Å². The van der Waals surface area contributed by atoms with Gasteiger partial charge in [0.1, 0.15) is 11.4 Å². The number of hydrogen-bond acceptors (Lipinski definition) is 4. The number of rotatable bonds is 1. The van der Waals surface area contributed by atoms with Gasteiger partial charge in [-0.25, -0.2) is 4.79 Å². The first-order valence-corrected chi connectivity index (χ1v) is 5.35. The average molecular weight is 277 g/mol. The molecule has 0 bridgehead atoms. The minimum absolute atomic E-state index is 0.724. The normalized spacial score (nSPS) is 12.3. The molecule has 0 amide bonds. The van der Waals surface area contributed by atoms with Gasteiger partial charge in [0, 0.05) is 0 Å². The molecule has 0 saturated heterocycles. The summed E-state index contributed by atoms with van der Waals surface area (Å²) < 4.78 is 43.5. The zero-order chi connectivity index (χ0) is 15.0. The number of ether oxygens (including phenoxy) is 1. The lowest BCUT2D eigenvalue weighted by Crippen LogP contribution is -2.26. The van der Waals surface area contributed by atoms with Crippen molar-refractivity contribution >= 4 is 11.7 Å². The highest BCUT2D eigenvalue weighted by molar-refractivity contribution is 5.94. The second kappa shape index (κ2) is 4.64. The minimum Gasteiger partial charge on any atom is -0.506 e. The molecule has 7 heteroatoms. The van der Waals surface area contributed by atoms with E-state index in [9.17, 15) is 23.1 Å². The first-order chi connectivity index (χ1) is 8.43. The molecule has 0 aliphatic rings. The molecule has 0 fully saturated rings. The molecule has 0 spiro atoms. The number of halogens is 3. The Hall–Kier alpha value is -1.92. The number of carbonyl (C=O) groups excluding carboxylic acids is 1. The van der Waals surface area contributed by atoms with E-state index in [1.54, 1.807) is 0 Å². The van der Waals surface area contributed by atoms with Crippen molar-refractivity contribution in [1.29, 1.82) is 0 Å². The molecule has 0 radical (unpaired) electrons. The Balaban J connectivity index is 3.37. The zero-order valence-electron chi connectivity index (χ0n) is 10.6. The lowest BCUT2D eigenvalue weighted by molar-refractivity contribution is -0.137. The lowest BCUT2D eigenvalue weighted by Gasteiger charge is -2.22. The van der Waals surface area contributed by atoms with Gasteiger partial charge >= 0.3 is 12.1 Å². The third-order valence-electron chi connectivity index (χ3n) is 2.12. The monoisotopic (exact) mass is 277 g/mol. The van der Waals surface area contributed by atoms with E-state index < -0.39 is 40.3 Å². The number of esters is 1. The summed E-state index contributed by atoms with van der Waals surface area (Å²) in [4.78, 5) is 11.7. The van der Waals surface area contributed by atoms with Crippen molar-refractivity contribution in [3.05, 3.63) is 23.3 Å². The van der Waals surface area contributed by atoms with Gasteiger partial charge in [-0.05, 0) is 32.9 Å². The standard InChI is InChI=1S/C12H14F3NO3/c1-11(2,3)19-10(18)6-4-5-7(17)9(16)8(6)12(13,14)15/h4-5,17H,16H2,1-3H3. The van der Waals surface area contributed by atoms with Crippen LogP contribution in [0.3, 0.4) is 0 Å². The molecule has 1 aromatic carbocycles. The molecular weight excluding hydrogens is 263 g/mol. The number of phenols is 1. The number of alkyl halides is 3. The van der Waals surface area contributed by atoms with Crippen LogP contribution < -0.4 is 5.73 Å². The Morgan fingerprint density at radius 2 is 1.79 bits per heavy atom. The van der Waals surface area contributed by atoms with E-state index in [0.29, 0.717) is 0 Å². The first-order valence-electron chi connectivity index (χ1n) is 5.35. The van der Waals surface area contributed by atoms with Crippen LogP contribution in [0.2, 0.25) is 0 Å². The Morgan fingerprint density at radius 3 is 2.21 bits per heavy atom. The summed E-state index contributed by atoms with van der Waals surface area (Å²) in [5.41, 5.74) is 1.25. The topological polar surface area (TPSA) is 72.5 Å². The predicted octanol–water partition coefficient (Wildman–Crippen LogP) is 2.95. The molecule has 0 aliphatic heterocycles. The highest BCUT2D eigenvalue weighted by Gasteiger charge is 2.39. The van der Waals surface area contributed by atoms with Crippen molar-refractivity contribution in [3.63, 3.8) is 0 Å². The second-order valence-corrected chi connectivity index (χ2v) is 4.92. The predicted molar refractivity (Wildman–Crippen MR) is 62.7 cm³/mol. The fraction of sp³-hybridized carbons (Fsp3) is 0.417. The van der Waals surface area contributed by atoms with Gasteiger partial charge in [0.25, 0.3) is 0 Å². The number of hydrogen-bond donors (Lipinski definition) is 2. The van der Waals surface area contributed by atoms with Crippen LogP contribution in [0.5, 0.6) is 5.75 Å². The van der Waals surface area contributed by atoms with E-state index >= 15 is 0 Å². The van der Waals surface area contributed by atoms with E-state index in [0.717, 1.165) is 12.1 Å². The fourth-order valence-electron chi connectivity index (χ4n) is 1.42. The van der Waals surface area contributed by atoms with Gasteiger partial charge in [-0.15, -0.1) is 0 Å². The molecule has 1 aromatic rings. The number of aromatic hydroxyl groups is 1. The summed E-state index contributed by atoms with van der Waals surface area (Å²) in [7, 11) is 0. The summed E-state index contributed by atoms with van der Waals surface area (Å²) in [6, 6.07) is 1.76. The smallest absolute Gasteiger partial charge is 0.419 e. The maximum atomic E-state index is 12.9. The zero-order valence-corrected chi connectivity index (χ0v) is 10.6. The largest absolute Gasteiger partial charge is 0.506 e. The second-order valence-electron chi connectivity index (χ2n) is 4.92. The average Bonchev–Trinajstić information content (AvgIpc) is 2.17. The molecule has 0 aliphatic carbocycles. The molecule has 0 atom stereocenters. The molecule has 0 unspecified atom stereocenters. The third-order valence-corrected chi connectivity index (χ3v) is 2.12. The summed E-state index contributed by atoms with van der Waals surface area (Å²) in [6.07, 6.45) is -4.87. The fourth-order valence-corrected chi connectivity index (χ4v) is 1.42. The number of phenolic OH excluding ortho intramolecular Hbond substituents is 1. The van der Waals surface area contributed by atoms with E-state index in [-0.39, 0.29) is 0 Å². The van der Waals surface area contributed by atoms with E-state index in [4.69, 9.17) is 10.5 Å². The molecule has 1 rings (SSSR count). The van der Waals surface area contributed by atoms with E-state index in [1.807, 2.05) is 0 Å². The highest BCUT2D eigenvalue weighted by Crippen LogP contribution is 2.40. The SMILES string of the molecule is CC(C)(C)OC(=O)c1ccc(O)c(N)c1C(F)(F)F. The molecule has 0 aromatic heterocycles. The van der Waals surface area contributed by atoms with Crippen molar-refractivity contribution in [3.8, 4) is 5.75 Å². The molecule has 0 heterocycles. The molecule has 3 N–H and O–H groups in total. The van der Waals surface area contributed by atoms with Crippen LogP contribution in [0.4, 0.5) is 18.9 Å². The van der Waals surface area contributed by atoms with Crippen molar-refractivity contribution < 1.29 is 27.8 Å². The number of carbonyl (C=O) groups is 1. The van der Waals surface area contributed by atoms with Crippen LogP contribution in [0.25, 0.3) is 0 Å². The van der Waals surface area contributed by atoms with Gasteiger partial charge in [-0.1, -0.05) is 0 Å². The van der Waals surface area contributed by atoms with Crippen LogP contribution in [0.15, 0.2) is 12.1 Å².